The topological polar surface area (TPSA) is 61.6 Å². The zero-order chi connectivity index (χ0) is 22.8. The molecule has 33 heavy (non-hydrogen) atoms. The van der Waals surface area contributed by atoms with Crippen LogP contribution in [0.3, 0.4) is 0 Å². The normalized spacial score (nSPS) is 16.2. The van der Waals surface area contributed by atoms with E-state index in [9.17, 15) is 10.0 Å². The Morgan fingerprint density at radius 2 is 1.73 bits per heavy atom. The number of piperazine rings is 1. The van der Waals surface area contributed by atoms with Crippen LogP contribution in [0.4, 0.5) is 0 Å². The summed E-state index contributed by atoms with van der Waals surface area (Å²) >= 11 is 0. The molecular weight excluding hydrogens is 412 g/mol. The van der Waals surface area contributed by atoms with Crippen LogP contribution in [0.25, 0.3) is 22.2 Å². The SMILES string of the molecule is CC(c1ccccc1)N1CCN(Cc2cccc(-c3cc(=O)n(O)c4ncccc34)c2)CC1. The van der Waals surface area contributed by atoms with Crippen molar-refractivity contribution in [3.8, 4) is 11.1 Å². The summed E-state index contributed by atoms with van der Waals surface area (Å²) in [6.45, 7) is 7.29. The Kier molecular flexibility index (Phi) is 5.94. The Morgan fingerprint density at radius 3 is 2.52 bits per heavy atom. The molecule has 0 radical (unpaired) electrons. The van der Waals surface area contributed by atoms with E-state index in [0.717, 1.165) is 49.2 Å². The van der Waals surface area contributed by atoms with Crippen molar-refractivity contribution < 1.29 is 5.21 Å². The molecule has 6 nitrogen and oxygen atoms in total. The molecule has 1 atom stereocenters. The third-order valence-electron chi connectivity index (χ3n) is 6.63. The molecule has 1 aliphatic heterocycles. The first-order valence-corrected chi connectivity index (χ1v) is 11.4. The van der Waals surface area contributed by atoms with Crippen molar-refractivity contribution >= 4 is 11.0 Å². The molecular formula is C27H28N4O2. The predicted octanol–water partition coefficient (Wildman–Crippen LogP) is 4.18. The summed E-state index contributed by atoms with van der Waals surface area (Å²) in [6, 6.07) is 24.6. The van der Waals surface area contributed by atoms with Crippen LogP contribution in [0.1, 0.15) is 24.1 Å². The van der Waals surface area contributed by atoms with Gasteiger partial charge in [0.25, 0.3) is 5.56 Å². The Hall–Kier alpha value is -3.48. The Morgan fingerprint density at radius 1 is 0.939 bits per heavy atom. The zero-order valence-electron chi connectivity index (χ0n) is 18.8. The van der Waals surface area contributed by atoms with Crippen LogP contribution in [-0.2, 0) is 6.54 Å². The maximum absolute atomic E-state index is 12.3. The molecule has 1 unspecified atom stereocenters. The van der Waals surface area contributed by atoms with Crippen molar-refractivity contribution in [3.05, 3.63) is 100 Å². The van der Waals surface area contributed by atoms with Gasteiger partial charge in [0.15, 0.2) is 5.65 Å². The van der Waals surface area contributed by atoms with E-state index in [0.29, 0.717) is 10.8 Å². The van der Waals surface area contributed by atoms with E-state index < -0.39 is 5.56 Å². The zero-order valence-corrected chi connectivity index (χ0v) is 18.8. The van der Waals surface area contributed by atoms with E-state index in [2.05, 4.69) is 64.2 Å². The van der Waals surface area contributed by atoms with Gasteiger partial charge < -0.3 is 5.21 Å². The van der Waals surface area contributed by atoms with Crippen LogP contribution in [0.15, 0.2) is 83.8 Å². The lowest BCUT2D eigenvalue weighted by Crippen LogP contribution is -2.46. The van der Waals surface area contributed by atoms with E-state index in [1.807, 2.05) is 24.3 Å². The van der Waals surface area contributed by atoms with Gasteiger partial charge in [0, 0.05) is 56.4 Å². The fraction of sp³-hybridized carbons (Fsp3) is 0.259. The Bertz CT molecular complexity index is 1310. The van der Waals surface area contributed by atoms with Gasteiger partial charge in [-0.1, -0.05) is 48.5 Å². The van der Waals surface area contributed by atoms with Crippen molar-refractivity contribution in [1.82, 2.24) is 19.5 Å². The van der Waals surface area contributed by atoms with Gasteiger partial charge in [0.1, 0.15) is 0 Å². The standard InChI is InChI=1S/C27H28N4O2/c1-20(22-8-3-2-4-9-22)30-15-13-29(14-16-30)19-21-7-5-10-23(17-21)25-18-26(32)31(33)27-24(25)11-6-12-28-27/h2-12,17-18,20,33H,13-16,19H2,1H3. The van der Waals surface area contributed by atoms with Crippen molar-refractivity contribution in [2.45, 2.75) is 19.5 Å². The molecule has 6 heteroatoms. The molecule has 168 valence electrons. The van der Waals surface area contributed by atoms with Crippen molar-refractivity contribution in [3.63, 3.8) is 0 Å². The molecule has 4 aromatic rings. The molecule has 1 fully saturated rings. The van der Waals surface area contributed by atoms with Crippen LogP contribution >= 0.6 is 0 Å². The molecule has 0 aliphatic carbocycles. The second-order valence-corrected chi connectivity index (χ2v) is 8.68. The van der Waals surface area contributed by atoms with Crippen molar-refractivity contribution in [1.29, 1.82) is 0 Å². The molecule has 2 aromatic carbocycles. The highest BCUT2D eigenvalue weighted by atomic mass is 16.5. The van der Waals surface area contributed by atoms with E-state index in [-0.39, 0.29) is 5.65 Å². The lowest BCUT2D eigenvalue weighted by molar-refractivity contribution is 0.0979. The van der Waals surface area contributed by atoms with Gasteiger partial charge in [-0.3, -0.25) is 14.6 Å². The molecule has 5 rings (SSSR count). The molecule has 3 heterocycles. The smallest absolute Gasteiger partial charge is 0.285 e. The molecule has 1 N–H and O–H groups in total. The number of hydrogen-bond acceptors (Lipinski definition) is 5. The third kappa shape index (κ3) is 4.40. The van der Waals surface area contributed by atoms with Gasteiger partial charge in [-0.25, -0.2) is 4.98 Å². The number of benzene rings is 2. The number of fused-ring (bicyclic) bond motifs is 1. The highest BCUT2D eigenvalue weighted by molar-refractivity contribution is 5.92. The van der Waals surface area contributed by atoms with Crippen LogP contribution in [-0.4, -0.2) is 50.9 Å². The van der Waals surface area contributed by atoms with Gasteiger partial charge >= 0.3 is 0 Å². The minimum atomic E-state index is -0.481. The highest BCUT2D eigenvalue weighted by Gasteiger charge is 2.22. The molecule has 2 aromatic heterocycles. The summed E-state index contributed by atoms with van der Waals surface area (Å²) in [5.74, 6) is 0. The summed E-state index contributed by atoms with van der Waals surface area (Å²) in [7, 11) is 0. The average Bonchev–Trinajstić information content (AvgIpc) is 2.87. The van der Waals surface area contributed by atoms with Crippen molar-refractivity contribution in [2.75, 3.05) is 26.2 Å². The second kappa shape index (κ2) is 9.17. The minimum Gasteiger partial charge on any atom is -0.423 e. The number of aromatic nitrogens is 2. The van der Waals surface area contributed by atoms with Gasteiger partial charge in [-0.2, -0.15) is 0 Å². The van der Waals surface area contributed by atoms with E-state index in [1.165, 1.54) is 17.2 Å². The first kappa shape index (κ1) is 21.4. The molecule has 1 saturated heterocycles. The third-order valence-corrected chi connectivity index (χ3v) is 6.63. The maximum atomic E-state index is 12.3. The van der Waals surface area contributed by atoms with Crippen LogP contribution in [0, 0.1) is 0 Å². The quantitative estimate of drug-likeness (QED) is 0.472. The first-order valence-electron chi connectivity index (χ1n) is 11.4. The molecule has 0 bridgehead atoms. The van der Waals surface area contributed by atoms with Gasteiger partial charge in [-0.05, 0) is 47.4 Å². The summed E-state index contributed by atoms with van der Waals surface area (Å²) in [5.41, 5.74) is 4.11. The van der Waals surface area contributed by atoms with Crippen LogP contribution in [0.2, 0.25) is 0 Å². The average molecular weight is 441 g/mol. The lowest BCUT2D eigenvalue weighted by atomic mass is 10.0. The Balaban J connectivity index is 1.31. The summed E-state index contributed by atoms with van der Waals surface area (Å²) in [5, 5.41) is 10.8. The van der Waals surface area contributed by atoms with Crippen LogP contribution < -0.4 is 5.56 Å². The van der Waals surface area contributed by atoms with Crippen LogP contribution in [0.5, 0.6) is 0 Å². The minimum absolute atomic E-state index is 0.272. The molecule has 0 saturated carbocycles. The van der Waals surface area contributed by atoms with Gasteiger partial charge in [0.05, 0.1) is 0 Å². The number of nitrogens with zero attached hydrogens (tertiary/aromatic N) is 4. The number of pyridine rings is 2. The summed E-state index contributed by atoms with van der Waals surface area (Å²) in [6.07, 6.45) is 1.58. The lowest BCUT2D eigenvalue weighted by Gasteiger charge is -2.38. The largest absolute Gasteiger partial charge is 0.423 e. The Labute approximate surface area is 193 Å². The number of rotatable bonds is 5. The van der Waals surface area contributed by atoms with Gasteiger partial charge in [0.2, 0.25) is 0 Å². The fourth-order valence-electron chi connectivity index (χ4n) is 4.73. The summed E-state index contributed by atoms with van der Waals surface area (Å²) < 4.78 is 0.610. The van der Waals surface area contributed by atoms with E-state index in [4.69, 9.17) is 0 Å². The second-order valence-electron chi connectivity index (χ2n) is 8.68. The van der Waals surface area contributed by atoms with Crippen molar-refractivity contribution in [2.24, 2.45) is 0 Å². The van der Waals surface area contributed by atoms with E-state index in [1.54, 1.807) is 6.20 Å². The molecule has 0 amide bonds. The molecule has 1 aliphatic rings. The first-order chi connectivity index (χ1) is 16.1. The number of hydrogen-bond donors (Lipinski definition) is 1. The van der Waals surface area contributed by atoms with E-state index >= 15 is 0 Å². The maximum Gasteiger partial charge on any atom is 0.285 e. The fourth-order valence-corrected chi connectivity index (χ4v) is 4.73. The molecule has 0 spiro atoms. The van der Waals surface area contributed by atoms with Gasteiger partial charge in [-0.15, -0.1) is 4.73 Å². The highest BCUT2D eigenvalue weighted by Crippen LogP contribution is 2.27. The predicted molar refractivity (Wildman–Crippen MR) is 130 cm³/mol. The summed E-state index contributed by atoms with van der Waals surface area (Å²) in [4.78, 5) is 21.5. The monoisotopic (exact) mass is 440 g/mol.